The molecule has 13 heavy (non-hydrogen) atoms. The number of hydrogen-bond donors (Lipinski definition) is 1. The zero-order valence-corrected chi connectivity index (χ0v) is 8.69. The minimum atomic E-state index is 0.648. The van der Waals surface area contributed by atoms with Gasteiger partial charge in [0.15, 0.2) is 0 Å². The number of benzene rings is 1. The molecule has 1 rings (SSSR count). The summed E-state index contributed by atoms with van der Waals surface area (Å²) in [6, 6.07) is 3.55. The maximum Gasteiger partial charge on any atom is 0.146 e. The average Bonchev–Trinajstić information content (AvgIpc) is 2.12. The molecule has 0 fully saturated rings. The van der Waals surface area contributed by atoms with Crippen LogP contribution in [0.1, 0.15) is 18.9 Å². The molecular weight excluding hydrogens is 186 g/mol. The largest absolute Gasteiger partial charge is 0.491 e. The highest BCUT2D eigenvalue weighted by Gasteiger charge is 2.07. The first-order chi connectivity index (χ1) is 6.16. The summed E-state index contributed by atoms with van der Waals surface area (Å²) < 4.78 is 5.49. The Balaban J connectivity index is 2.96. The smallest absolute Gasteiger partial charge is 0.146 e. The number of halogens is 1. The van der Waals surface area contributed by atoms with Gasteiger partial charge in [0, 0.05) is 10.6 Å². The van der Waals surface area contributed by atoms with Crippen LogP contribution in [0.15, 0.2) is 12.1 Å². The topological polar surface area (TPSA) is 35.2 Å². The summed E-state index contributed by atoms with van der Waals surface area (Å²) in [7, 11) is 0. The van der Waals surface area contributed by atoms with Crippen molar-refractivity contribution in [2.75, 3.05) is 12.3 Å². The Bertz CT molecular complexity index is 299. The number of hydrogen-bond acceptors (Lipinski definition) is 2. The lowest BCUT2D eigenvalue weighted by Crippen LogP contribution is -2.01. The van der Waals surface area contributed by atoms with Crippen LogP contribution in [0, 0.1) is 6.92 Å². The van der Waals surface area contributed by atoms with Gasteiger partial charge in [-0.05, 0) is 25.5 Å². The van der Waals surface area contributed by atoms with Gasteiger partial charge in [-0.25, -0.2) is 0 Å². The number of nitrogens with two attached hydrogens (primary N) is 1. The monoisotopic (exact) mass is 199 g/mol. The summed E-state index contributed by atoms with van der Waals surface area (Å²) >= 11 is 5.93. The van der Waals surface area contributed by atoms with E-state index in [2.05, 4.69) is 6.92 Å². The Morgan fingerprint density at radius 2 is 2.15 bits per heavy atom. The highest BCUT2D eigenvalue weighted by molar-refractivity contribution is 6.31. The van der Waals surface area contributed by atoms with Crippen LogP contribution in [-0.4, -0.2) is 6.61 Å². The number of ether oxygens (including phenoxy) is 1. The molecule has 0 aliphatic rings. The van der Waals surface area contributed by atoms with E-state index >= 15 is 0 Å². The molecule has 0 aliphatic carbocycles. The fourth-order valence-electron chi connectivity index (χ4n) is 1.08. The highest BCUT2D eigenvalue weighted by Crippen LogP contribution is 2.31. The Morgan fingerprint density at radius 3 is 2.77 bits per heavy atom. The van der Waals surface area contributed by atoms with E-state index in [1.54, 1.807) is 12.1 Å². The second kappa shape index (κ2) is 4.38. The van der Waals surface area contributed by atoms with Crippen molar-refractivity contribution in [2.24, 2.45) is 0 Å². The Morgan fingerprint density at radius 1 is 1.46 bits per heavy atom. The van der Waals surface area contributed by atoms with Gasteiger partial charge in [0.2, 0.25) is 0 Å². The predicted octanol–water partition coefficient (Wildman–Crippen LogP) is 3.02. The van der Waals surface area contributed by atoms with Crippen molar-refractivity contribution in [1.82, 2.24) is 0 Å². The Hall–Kier alpha value is -0.890. The van der Waals surface area contributed by atoms with Crippen molar-refractivity contribution in [2.45, 2.75) is 20.3 Å². The molecular formula is C10H14ClNO. The highest BCUT2D eigenvalue weighted by atomic mass is 35.5. The van der Waals surface area contributed by atoms with Crippen LogP contribution < -0.4 is 10.5 Å². The van der Waals surface area contributed by atoms with Gasteiger partial charge in [-0.3, -0.25) is 0 Å². The van der Waals surface area contributed by atoms with E-state index in [-0.39, 0.29) is 0 Å². The molecule has 2 nitrogen and oxygen atoms in total. The number of anilines is 1. The minimum absolute atomic E-state index is 0.648. The Labute approximate surface area is 83.6 Å². The molecule has 0 unspecified atom stereocenters. The third kappa shape index (κ3) is 2.28. The van der Waals surface area contributed by atoms with Crippen LogP contribution in [-0.2, 0) is 0 Å². The van der Waals surface area contributed by atoms with Crippen LogP contribution in [0.4, 0.5) is 5.69 Å². The third-order valence-corrected chi connectivity index (χ3v) is 2.23. The van der Waals surface area contributed by atoms with Crippen molar-refractivity contribution in [3.8, 4) is 5.75 Å². The van der Waals surface area contributed by atoms with Crippen molar-refractivity contribution in [3.63, 3.8) is 0 Å². The van der Waals surface area contributed by atoms with Gasteiger partial charge in [-0.15, -0.1) is 0 Å². The van der Waals surface area contributed by atoms with E-state index in [4.69, 9.17) is 22.1 Å². The second-order valence-electron chi connectivity index (χ2n) is 2.94. The Kier molecular flexibility index (Phi) is 3.43. The average molecular weight is 200 g/mol. The van der Waals surface area contributed by atoms with Crippen LogP contribution in [0.25, 0.3) is 0 Å². The van der Waals surface area contributed by atoms with Crippen molar-refractivity contribution in [3.05, 3.63) is 22.7 Å². The lowest BCUT2D eigenvalue weighted by Gasteiger charge is -2.11. The number of nitrogen functional groups attached to an aromatic ring is 1. The molecule has 1 aromatic rings. The summed E-state index contributed by atoms with van der Waals surface area (Å²) in [6.07, 6.45) is 0.964. The maximum atomic E-state index is 5.93. The fraction of sp³-hybridized carbons (Fsp3) is 0.400. The van der Waals surface area contributed by atoms with Crippen LogP contribution >= 0.6 is 11.6 Å². The van der Waals surface area contributed by atoms with Crippen molar-refractivity contribution < 1.29 is 4.74 Å². The molecule has 0 spiro atoms. The predicted molar refractivity (Wildman–Crippen MR) is 56.4 cm³/mol. The van der Waals surface area contributed by atoms with E-state index in [1.807, 2.05) is 6.92 Å². The van der Waals surface area contributed by atoms with E-state index < -0.39 is 0 Å². The quantitative estimate of drug-likeness (QED) is 0.760. The molecule has 0 radical (unpaired) electrons. The SMILES string of the molecule is CCCOc1c(N)ccc(Cl)c1C. The molecule has 3 heteroatoms. The van der Waals surface area contributed by atoms with Crippen LogP contribution in [0.2, 0.25) is 5.02 Å². The first-order valence-corrected chi connectivity index (χ1v) is 4.72. The number of rotatable bonds is 3. The normalized spacial score (nSPS) is 10.1. The second-order valence-corrected chi connectivity index (χ2v) is 3.35. The van der Waals surface area contributed by atoms with Gasteiger partial charge in [0.05, 0.1) is 12.3 Å². The van der Waals surface area contributed by atoms with E-state index in [1.165, 1.54) is 0 Å². The summed E-state index contributed by atoms with van der Waals surface area (Å²) in [5.74, 6) is 0.717. The molecule has 1 aromatic carbocycles. The molecule has 0 aliphatic heterocycles. The molecule has 0 atom stereocenters. The van der Waals surface area contributed by atoms with Gasteiger partial charge in [0.25, 0.3) is 0 Å². The maximum absolute atomic E-state index is 5.93. The fourth-order valence-corrected chi connectivity index (χ4v) is 1.23. The molecule has 0 saturated heterocycles. The summed E-state index contributed by atoms with van der Waals surface area (Å²) in [4.78, 5) is 0. The summed E-state index contributed by atoms with van der Waals surface area (Å²) in [5.41, 5.74) is 7.31. The summed E-state index contributed by atoms with van der Waals surface area (Å²) in [5, 5.41) is 0.695. The zero-order chi connectivity index (χ0) is 9.84. The minimum Gasteiger partial charge on any atom is -0.491 e. The lowest BCUT2D eigenvalue weighted by atomic mass is 10.2. The van der Waals surface area contributed by atoms with E-state index in [0.717, 1.165) is 12.0 Å². The molecule has 2 N–H and O–H groups in total. The van der Waals surface area contributed by atoms with Gasteiger partial charge in [-0.1, -0.05) is 18.5 Å². The zero-order valence-electron chi connectivity index (χ0n) is 7.93. The molecule has 0 heterocycles. The lowest BCUT2D eigenvalue weighted by molar-refractivity contribution is 0.317. The third-order valence-electron chi connectivity index (χ3n) is 1.82. The van der Waals surface area contributed by atoms with Crippen molar-refractivity contribution in [1.29, 1.82) is 0 Å². The van der Waals surface area contributed by atoms with Gasteiger partial charge in [-0.2, -0.15) is 0 Å². The standard InChI is InChI=1S/C10H14ClNO/c1-3-6-13-10-7(2)8(11)4-5-9(10)12/h4-5H,3,6,12H2,1-2H3. The van der Waals surface area contributed by atoms with E-state index in [0.29, 0.717) is 23.1 Å². The van der Waals surface area contributed by atoms with Crippen LogP contribution in [0.3, 0.4) is 0 Å². The first kappa shape index (κ1) is 10.2. The molecule has 0 bridgehead atoms. The molecule has 0 aromatic heterocycles. The molecule has 72 valence electrons. The first-order valence-electron chi connectivity index (χ1n) is 4.34. The molecule has 0 saturated carbocycles. The van der Waals surface area contributed by atoms with Crippen molar-refractivity contribution >= 4 is 17.3 Å². The van der Waals surface area contributed by atoms with E-state index in [9.17, 15) is 0 Å². The van der Waals surface area contributed by atoms with Gasteiger partial charge in [0.1, 0.15) is 5.75 Å². The summed E-state index contributed by atoms with van der Waals surface area (Å²) in [6.45, 7) is 4.63. The molecule has 0 amide bonds. The van der Waals surface area contributed by atoms with Gasteiger partial charge >= 0.3 is 0 Å². The van der Waals surface area contributed by atoms with Gasteiger partial charge < -0.3 is 10.5 Å². The van der Waals surface area contributed by atoms with Crippen LogP contribution in [0.5, 0.6) is 5.75 Å².